The molecule has 2 N–H and O–H groups in total. The molecule has 0 bridgehead atoms. The van der Waals surface area contributed by atoms with Crippen LogP contribution in [-0.2, 0) is 4.79 Å². The number of carbonyl (C=O) groups is 1. The summed E-state index contributed by atoms with van der Waals surface area (Å²) in [5, 5.41) is 21.4. The molecule has 108 valence electrons. The third-order valence-electron chi connectivity index (χ3n) is 3.76. The van der Waals surface area contributed by atoms with Gasteiger partial charge < -0.3 is 10.2 Å². The van der Waals surface area contributed by atoms with Crippen LogP contribution in [-0.4, -0.2) is 27.2 Å². The molecule has 2 atom stereocenters. The van der Waals surface area contributed by atoms with E-state index in [4.69, 9.17) is 0 Å². The highest BCUT2D eigenvalue weighted by atomic mass is 16.3. The molecule has 2 rings (SSSR count). The van der Waals surface area contributed by atoms with Gasteiger partial charge in [-0.2, -0.15) is 0 Å². The molecule has 0 aromatic heterocycles. The Kier molecular flexibility index (Phi) is 3.61. The van der Waals surface area contributed by atoms with Gasteiger partial charge in [-0.3, -0.25) is 4.79 Å². The van der Waals surface area contributed by atoms with E-state index in [-0.39, 0.29) is 12.8 Å². The van der Waals surface area contributed by atoms with E-state index < -0.39 is 17.0 Å². The van der Waals surface area contributed by atoms with Crippen molar-refractivity contribution in [1.29, 1.82) is 0 Å². The maximum Gasteiger partial charge on any atom is 0.204 e. The summed E-state index contributed by atoms with van der Waals surface area (Å²) in [5.74, 6) is -0.538. The molecule has 0 amide bonds. The van der Waals surface area contributed by atoms with Crippen LogP contribution in [0.2, 0.25) is 0 Å². The Morgan fingerprint density at radius 3 is 1.55 bits per heavy atom. The van der Waals surface area contributed by atoms with Gasteiger partial charge >= 0.3 is 0 Å². The van der Waals surface area contributed by atoms with Crippen LogP contribution < -0.4 is 0 Å². The summed E-state index contributed by atoms with van der Waals surface area (Å²) in [5.41, 5.74) is 0.327. The van der Waals surface area contributed by atoms with E-state index in [1.165, 1.54) is 0 Å². The van der Waals surface area contributed by atoms with Crippen LogP contribution in [0.1, 0.15) is 40.5 Å². The van der Waals surface area contributed by atoms with Crippen LogP contribution in [0.15, 0.2) is 46.6 Å². The Hall–Kier alpha value is -1.45. The van der Waals surface area contributed by atoms with Gasteiger partial charge in [-0.1, -0.05) is 34.4 Å². The van der Waals surface area contributed by atoms with Crippen molar-refractivity contribution in [2.45, 2.75) is 51.7 Å². The van der Waals surface area contributed by atoms with Gasteiger partial charge in [-0.25, -0.2) is 0 Å². The van der Waals surface area contributed by atoms with Crippen molar-refractivity contribution in [3.8, 4) is 0 Å². The monoisotopic (exact) mass is 274 g/mol. The Morgan fingerprint density at radius 1 is 0.900 bits per heavy atom. The molecule has 3 heteroatoms. The molecule has 0 spiro atoms. The van der Waals surface area contributed by atoms with E-state index in [9.17, 15) is 15.0 Å². The zero-order chi connectivity index (χ0) is 15.1. The van der Waals surface area contributed by atoms with Crippen molar-refractivity contribution in [2.75, 3.05) is 0 Å². The summed E-state index contributed by atoms with van der Waals surface area (Å²) in [4.78, 5) is 12.7. The fraction of sp³-hybridized carbons (Fsp3) is 0.471. The van der Waals surface area contributed by atoms with Crippen molar-refractivity contribution < 1.29 is 15.0 Å². The number of allylic oxidation sites excluding steroid dienone is 4. The van der Waals surface area contributed by atoms with Gasteiger partial charge in [0.2, 0.25) is 5.78 Å². The average Bonchev–Trinajstić information content (AvgIpc) is 2.23. The molecule has 0 fully saturated rings. The van der Waals surface area contributed by atoms with Crippen molar-refractivity contribution in [2.24, 2.45) is 0 Å². The molecule has 20 heavy (non-hydrogen) atoms. The molecule has 2 aliphatic rings. The molecule has 0 heterocycles. The van der Waals surface area contributed by atoms with Gasteiger partial charge in [0, 0.05) is 12.8 Å². The van der Waals surface area contributed by atoms with E-state index in [1.54, 1.807) is 12.2 Å². The van der Waals surface area contributed by atoms with E-state index in [1.807, 2.05) is 39.8 Å². The molecule has 2 unspecified atom stereocenters. The molecule has 0 saturated heterocycles. The summed E-state index contributed by atoms with van der Waals surface area (Å²) >= 11 is 0. The van der Waals surface area contributed by atoms with Crippen LogP contribution in [0.25, 0.3) is 0 Å². The van der Waals surface area contributed by atoms with Crippen molar-refractivity contribution in [1.82, 2.24) is 0 Å². The second kappa shape index (κ2) is 4.83. The fourth-order valence-electron chi connectivity index (χ4n) is 3.33. The molecule has 0 aliphatic heterocycles. The van der Waals surface area contributed by atoms with Crippen LogP contribution >= 0.6 is 0 Å². The van der Waals surface area contributed by atoms with Gasteiger partial charge in [-0.05, 0) is 39.8 Å². The first-order valence-electron chi connectivity index (χ1n) is 6.87. The fourth-order valence-corrected chi connectivity index (χ4v) is 3.33. The number of ketones is 1. The molecule has 0 aromatic rings. The second-order valence-corrected chi connectivity index (χ2v) is 6.29. The van der Waals surface area contributed by atoms with Crippen molar-refractivity contribution in [3.63, 3.8) is 0 Å². The summed E-state index contributed by atoms with van der Waals surface area (Å²) in [7, 11) is 0. The van der Waals surface area contributed by atoms with E-state index in [2.05, 4.69) is 0 Å². The summed E-state index contributed by atoms with van der Waals surface area (Å²) in [6.45, 7) is 7.45. The Balaban J connectivity index is 2.38. The van der Waals surface area contributed by atoms with E-state index >= 15 is 0 Å². The number of Topliss-reactive ketones (excluding diaryl/α,β-unsaturated/α-hetero) is 1. The van der Waals surface area contributed by atoms with Crippen LogP contribution in [0, 0.1) is 0 Å². The maximum absolute atomic E-state index is 12.7. The zero-order valence-corrected chi connectivity index (χ0v) is 12.5. The molecule has 2 aliphatic carbocycles. The number of hydrogen-bond acceptors (Lipinski definition) is 3. The number of aliphatic hydroxyl groups is 2. The first kappa shape index (κ1) is 14.9. The predicted octanol–water partition coefficient (Wildman–Crippen LogP) is 2.61. The quantitative estimate of drug-likeness (QED) is 0.813. The number of rotatable bonds is 2. The van der Waals surface area contributed by atoms with Crippen LogP contribution in [0.4, 0.5) is 0 Å². The van der Waals surface area contributed by atoms with Gasteiger partial charge in [0.25, 0.3) is 0 Å². The highest BCUT2D eigenvalue weighted by molar-refractivity contribution is 5.99. The normalized spacial score (nSPS) is 33.9. The minimum atomic E-state index is -1.62. The SMILES string of the molecule is CC1=CC(O)(C(=O)C2(O)C=C(C)C=C(C)C2)CC(C)=C1. The number of carbonyl (C=O) groups excluding carboxylic acids is 1. The second-order valence-electron chi connectivity index (χ2n) is 6.29. The third kappa shape index (κ3) is 2.69. The standard InChI is InChI=1S/C17H22O3/c1-11-5-12(2)8-16(19,7-11)15(18)17(20)9-13(3)6-14(4)10-17/h5-7,9,19-20H,8,10H2,1-4H3. The minimum Gasteiger partial charge on any atom is -0.377 e. The third-order valence-corrected chi connectivity index (χ3v) is 3.76. The van der Waals surface area contributed by atoms with Crippen LogP contribution in [0.3, 0.4) is 0 Å². The Bertz CT molecular complexity index is 527. The number of hydrogen-bond donors (Lipinski definition) is 2. The first-order valence-corrected chi connectivity index (χ1v) is 6.87. The zero-order valence-electron chi connectivity index (χ0n) is 12.5. The minimum absolute atomic E-state index is 0.237. The van der Waals surface area contributed by atoms with E-state index in [0.717, 1.165) is 22.3 Å². The largest absolute Gasteiger partial charge is 0.377 e. The topological polar surface area (TPSA) is 57.5 Å². The molecule has 3 nitrogen and oxygen atoms in total. The highest BCUT2D eigenvalue weighted by Crippen LogP contribution is 2.35. The lowest BCUT2D eigenvalue weighted by Gasteiger charge is -2.36. The summed E-state index contributed by atoms with van der Waals surface area (Å²) in [6, 6.07) is 0. The van der Waals surface area contributed by atoms with E-state index in [0.29, 0.717) is 0 Å². The lowest BCUT2D eigenvalue weighted by Crippen LogP contribution is -2.52. The van der Waals surface area contributed by atoms with Crippen molar-refractivity contribution >= 4 is 5.78 Å². The lowest BCUT2D eigenvalue weighted by atomic mass is 9.74. The molecule has 0 aromatic carbocycles. The molecule has 0 radical (unpaired) electrons. The maximum atomic E-state index is 12.7. The van der Waals surface area contributed by atoms with Gasteiger partial charge in [0.05, 0.1) is 0 Å². The molecular formula is C17H22O3. The Labute approximate surface area is 120 Å². The Morgan fingerprint density at radius 2 is 1.25 bits per heavy atom. The highest BCUT2D eigenvalue weighted by Gasteiger charge is 2.47. The summed E-state index contributed by atoms with van der Waals surface area (Å²) < 4.78 is 0. The average molecular weight is 274 g/mol. The summed E-state index contributed by atoms with van der Waals surface area (Å²) in [6.07, 6.45) is 7.47. The van der Waals surface area contributed by atoms with Gasteiger partial charge in [0.1, 0.15) is 11.2 Å². The first-order chi connectivity index (χ1) is 9.14. The van der Waals surface area contributed by atoms with Gasteiger partial charge in [0.15, 0.2) is 0 Å². The van der Waals surface area contributed by atoms with Gasteiger partial charge in [-0.15, -0.1) is 0 Å². The molecule has 0 saturated carbocycles. The van der Waals surface area contributed by atoms with Crippen molar-refractivity contribution in [3.05, 3.63) is 46.6 Å². The lowest BCUT2D eigenvalue weighted by molar-refractivity contribution is -0.148. The smallest absolute Gasteiger partial charge is 0.204 e. The predicted molar refractivity (Wildman–Crippen MR) is 79.2 cm³/mol. The molecular weight excluding hydrogens is 252 g/mol. The van der Waals surface area contributed by atoms with Crippen LogP contribution in [0.5, 0.6) is 0 Å².